The fraction of sp³-hybridized carbons (Fsp3) is 0.222. The average Bonchev–Trinajstić information content (AvgIpc) is 2.32. The first-order valence-electron chi connectivity index (χ1n) is 3.94. The number of rotatable bonds is 0. The van der Waals surface area contributed by atoms with E-state index in [1.54, 1.807) is 0 Å². The second kappa shape index (κ2) is 2.86. The molecule has 0 amide bonds. The molecule has 0 unspecified atom stereocenters. The topological polar surface area (TPSA) is 20.7 Å². The number of aromatic nitrogens is 2. The van der Waals surface area contributed by atoms with E-state index in [0.717, 1.165) is 26.4 Å². The molecule has 1 aromatic heterocycles. The second-order valence-electron chi connectivity index (χ2n) is 3.11. The van der Waals surface area contributed by atoms with E-state index in [4.69, 9.17) is 23.8 Å². The lowest BCUT2D eigenvalue weighted by molar-refractivity contribution is 0.927. The van der Waals surface area contributed by atoms with Crippen molar-refractivity contribution in [3.63, 3.8) is 0 Å². The van der Waals surface area contributed by atoms with Crippen molar-refractivity contribution >= 4 is 34.9 Å². The molecule has 4 heteroatoms. The van der Waals surface area contributed by atoms with Crippen LogP contribution in [0.5, 0.6) is 0 Å². The van der Waals surface area contributed by atoms with E-state index in [1.165, 1.54) is 0 Å². The predicted octanol–water partition coefficient (Wildman–Crippen LogP) is 3.20. The predicted molar refractivity (Wildman–Crippen MR) is 57.9 cm³/mol. The molecule has 1 N–H and O–H groups in total. The lowest BCUT2D eigenvalue weighted by Gasteiger charge is -1.98. The minimum absolute atomic E-state index is 0.719. The molecular formula is C9H9ClN2S. The van der Waals surface area contributed by atoms with E-state index in [2.05, 4.69) is 4.98 Å². The minimum Gasteiger partial charge on any atom is -0.331 e. The summed E-state index contributed by atoms with van der Waals surface area (Å²) in [5.74, 6) is 0. The molecule has 1 aromatic carbocycles. The molecule has 13 heavy (non-hydrogen) atoms. The third kappa shape index (κ3) is 1.28. The molecule has 0 saturated carbocycles. The summed E-state index contributed by atoms with van der Waals surface area (Å²) in [7, 11) is 1.92. The van der Waals surface area contributed by atoms with Crippen LogP contribution >= 0.6 is 23.8 Å². The van der Waals surface area contributed by atoms with E-state index >= 15 is 0 Å². The highest BCUT2D eigenvalue weighted by molar-refractivity contribution is 7.71. The van der Waals surface area contributed by atoms with Gasteiger partial charge in [0.1, 0.15) is 0 Å². The van der Waals surface area contributed by atoms with Crippen molar-refractivity contribution in [1.82, 2.24) is 9.55 Å². The molecule has 0 bridgehead atoms. The van der Waals surface area contributed by atoms with Crippen LogP contribution in [0.2, 0.25) is 5.02 Å². The summed E-state index contributed by atoms with van der Waals surface area (Å²) in [5.41, 5.74) is 3.14. The normalized spacial score (nSPS) is 11.0. The van der Waals surface area contributed by atoms with Crippen molar-refractivity contribution in [3.8, 4) is 0 Å². The molecule has 1 heterocycles. The maximum atomic E-state index is 6.01. The molecule has 2 aromatic rings. The molecule has 0 aliphatic heterocycles. The van der Waals surface area contributed by atoms with Crippen LogP contribution in [0.25, 0.3) is 11.0 Å². The SMILES string of the molecule is Cc1cc2[nH]c(=S)n(C)c2cc1Cl. The van der Waals surface area contributed by atoms with Gasteiger partial charge in [-0.3, -0.25) is 0 Å². The Morgan fingerprint density at radius 2 is 2.15 bits per heavy atom. The molecule has 2 nitrogen and oxygen atoms in total. The second-order valence-corrected chi connectivity index (χ2v) is 3.90. The number of aryl methyl sites for hydroxylation is 2. The van der Waals surface area contributed by atoms with E-state index in [0.29, 0.717) is 0 Å². The zero-order valence-corrected chi connectivity index (χ0v) is 8.96. The maximum absolute atomic E-state index is 6.01. The smallest absolute Gasteiger partial charge is 0.177 e. The first kappa shape index (κ1) is 8.78. The molecule has 2 rings (SSSR count). The lowest BCUT2D eigenvalue weighted by Crippen LogP contribution is -1.86. The van der Waals surface area contributed by atoms with E-state index in [9.17, 15) is 0 Å². The number of hydrogen-bond acceptors (Lipinski definition) is 1. The van der Waals surface area contributed by atoms with Gasteiger partial charge in [-0.05, 0) is 36.8 Å². The Morgan fingerprint density at radius 3 is 2.85 bits per heavy atom. The van der Waals surface area contributed by atoms with Gasteiger partial charge in [-0.2, -0.15) is 0 Å². The molecule has 68 valence electrons. The third-order valence-electron chi connectivity index (χ3n) is 2.18. The molecule has 0 atom stereocenters. The number of halogens is 1. The summed E-state index contributed by atoms with van der Waals surface area (Å²) in [6.45, 7) is 1.98. The van der Waals surface area contributed by atoms with Gasteiger partial charge in [-0.15, -0.1) is 0 Å². The first-order valence-corrected chi connectivity index (χ1v) is 4.73. The Bertz CT molecular complexity index is 524. The van der Waals surface area contributed by atoms with E-state index in [1.807, 2.05) is 30.7 Å². The van der Waals surface area contributed by atoms with Crippen LogP contribution in [-0.2, 0) is 7.05 Å². The van der Waals surface area contributed by atoms with Crippen molar-refractivity contribution in [2.75, 3.05) is 0 Å². The monoisotopic (exact) mass is 212 g/mol. The molecule has 0 spiro atoms. The Hall–Kier alpha value is -0.800. The fourth-order valence-corrected chi connectivity index (χ4v) is 1.72. The minimum atomic E-state index is 0.719. The van der Waals surface area contributed by atoms with Crippen LogP contribution in [0, 0.1) is 11.7 Å². The number of H-pyrrole nitrogens is 1. The number of nitrogens with one attached hydrogen (secondary N) is 1. The summed E-state index contributed by atoms with van der Waals surface area (Å²) < 4.78 is 2.63. The summed E-state index contributed by atoms with van der Waals surface area (Å²) >= 11 is 11.1. The number of hydrogen-bond donors (Lipinski definition) is 1. The van der Waals surface area contributed by atoms with Gasteiger partial charge in [0, 0.05) is 12.1 Å². The number of imidazole rings is 1. The Kier molecular flexibility index (Phi) is 1.93. The van der Waals surface area contributed by atoms with Gasteiger partial charge in [-0.1, -0.05) is 11.6 Å². The van der Waals surface area contributed by atoms with E-state index < -0.39 is 0 Å². The third-order valence-corrected chi connectivity index (χ3v) is 2.97. The van der Waals surface area contributed by atoms with E-state index in [-0.39, 0.29) is 0 Å². The summed E-state index contributed by atoms with van der Waals surface area (Å²) in [6, 6.07) is 3.94. The maximum Gasteiger partial charge on any atom is 0.177 e. The Labute approximate surface area is 86.1 Å². The van der Waals surface area contributed by atoms with Crippen LogP contribution in [0.1, 0.15) is 5.56 Å². The van der Waals surface area contributed by atoms with Crippen molar-refractivity contribution in [1.29, 1.82) is 0 Å². The number of aromatic amines is 1. The van der Waals surface area contributed by atoms with Gasteiger partial charge in [0.25, 0.3) is 0 Å². The Morgan fingerprint density at radius 1 is 1.46 bits per heavy atom. The molecule has 0 aliphatic carbocycles. The summed E-state index contributed by atoms with van der Waals surface area (Å²) in [5, 5.41) is 0.775. The van der Waals surface area contributed by atoms with Gasteiger partial charge in [0.05, 0.1) is 11.0 Å². The first-order chi connectivity index (χ1) is 6.09. The molecule has 0 fully saturated rings. The largest absolute Gasteiger partial charge is 0.331 e. The average molecular weight is 213 g/mol. The highest BCUT2D eigenvalue weighted by atomic mass is 35.5. The van der Waals surface area contributed by atoms with Crippen molar-refractivity contribution in [2.24, 2.45) is 7.05 Å². The van der Waals surface area contributed by atoms with Crippen molar-refractivity contribution in [2.45, 2.75) is 6.92 Å². The van der Waals surface area contributed by atoms with Gasteiger partial charge in [0.2, 0.25) is 0 Å². The van der Waals surface area contributed by atoms with Gasteiger partial charge in [0.15, 0.2) is 4.77 Å². The van der Waals surface area contributed by atoms with Gasteiger partial charge in [-0.25, -0.2) is 0 Å². The standard InChI is InChI=1S/C9H9ClN2S/c1-5-3-7-8(4-6(5)10)12(2)9(13)11-7/h3-4H,1-2H3,(H,11,13). The van der Waals surface area contributed by atoms with Crippen LogP contribution in [0.4, 0.5) is 0 Å². The lowest BCUT2D eigenvalue weighted by atomic mass is 10.2. The molecule has 0 radical (unpaired) electrons. The molecule has 0 aliphatic rings. The summed E-state index contributed by atoms with van der Waals surface area (Å²) in [4.78, 5) is 3.11. The van der Waals surface area contributed by atoms with Gasteiger partial charge >= 0.3 is 0 Å². The van der Waals surface area contributed by atoms with Gasteiger partial charge < -0.3 is 9.55 Å². The van der Waals surface area contributed by atoms with Crippen LogP contribution in [0.15, 0.2) is 12.1 Å². The molecular weight excluding hydrogens is 204 g/mol. The van der Waals surface area contributed by atoms with Crippen LogP contribution < -0.4 is 0 Å². The fourth-order valence-electron chi connectivity index (χ4n) is 1.36. The van der Waals surface area contributed by atoms with Crippen molar-refractivity contribution in [3.05, 3.63) is 27.5 Å². The highest BCUT2D eigenvalue weighted by Gasteiger charge is 2.03. The zero-order valence-electron chi connectivity index (χ0n) is 7.39. The summed E-state index contributed by atoms with van der Waals surface area (Å²) in [6.07, 6.45) is 0. The zero-order chi connectivity index (χ0) is 9.59. The number of nitrogens with zero attached hydrogens (tertiary/aromatic N) is 1. The Balaban J connectivity index is 2.97. The van der Waals surface area contributed by atoms with Crippen LogP contribution in [0.3, 0.4) is 0 Å². The highest BCUT2D eigenvalue weighted by Crippen LogP contribution is 2.22. The quantitative estimate of drug-likeness (QED) is 0.666. The number of fused-ring (bicyclic) bond motifs is 1. The molecule has 0 saturated heterocycles. The van der Waals surface area contributed by atoms with Crippen molar-refractivity contribution < 1.29 is 0 Å². The number of benzene rings is 1. The van der Waals surface area contributed by atoms with Crippen LogP contribution in [-0.4, -0.2) is 9.55 Å².